The number of anilines is 1. The van der Waals surface area contributed by atoms with Crippen molar-refractivity contribution in [2.24, 2.45) is 0 Å². The number of nitrogens with zero attached hydrogens (tertiary/aromatic N) is 1. The molecule has 10 heteroatoms. The predicted octanol–water partition coefficient (Wildman–Crippen LogP) is 5.50. The standard InChI is InChI=1S/C16H10F7NO2/c1-24(11-5-3-10(17)4-6-11)14(25)26-13-7-2-9(15(18,19)20)8-12(13)16(21,22)23/h2-8H,1H3. The number of amides is 1. The molecule has 0 spiro atoms. The molecule has 0 aliphatic heterocycles. The van der Waals surface area contributed by atoms with Crippen molar-refractivity contribution in [2.45, 2.75) is 12.4 Å². The van der Waals surface area contributed by atoms with Gasteiger partial charge in [-0.2, -0.15) is 26.3 Å². The van der Waals surface area contributed by atoms with Crippen molar-refractivity contribution in [3.63, 3.8) is 0 Å². The third-order valence-corrected chi connectivity index (χ3v) is 3.30. The Balaban J connectivity index is 2.33. The summed E-state index contributed by atoms with van der Waals surface area (Å²) in [6.45, 7) is 0. The highest BCUT2D eigenvalue weighted by molar-refractivity contribution is 5.88. The van der Waals surface area contributed by atoms with Crippen LogP contribution in [0.25, 0.3) is 0 Å². The average Bonchev–Trinajstić information content (AvgIpc) is 2.53. The Kier molecular flexibility index (Phi) is 5.15. The van der Waals surface area contributed by atoms with Crippen molar-refractivity contribution in [1.29, 1.82) is 0 Å². The Labute approximate surface area is 142 Å². The molecular formula is C16H10F7NO2. The molecule has 0 radical (unpaired) electrons. The molecule has 0 atom stereocenters. The number of carbonyl (C=O) groups is 1. The van der Waals surface area contributed by atoms with E-state index in [9.17, 15) is 35.5 Å². The number of hydrogen-bond donors (Lipinski definition) is 0. The van der Waals surface area contributed by atoms with Gasteiger partial charge < -0.3 is 4.74 Å². The highest BCUT2D eigenvalue weighted by Gasteiger charge is 2.39. The zero-order chi connectivity index (χ0) is 19.7. The van der Waals surface area contributed by atoms with Crippen LogP contribution in [-0.4, -0.2) is 13.1 Å². The van der Waals surface area contributed by atoms with Gasteiger partial charge in [-0.15, -0.1) is 0 Å². The molecule has 2 aromatic rings. The second-order valence-corrected chi connectivity index (χ2v) is 5.11. The molecule has 0 bridgehead atoms. The van der Waals surface area contributed by atoms with Gasteiger partial charge in [-0.25, -0.2) is 9.18 Å². The first-order chi connectivity index (χ1) is 11.9. The molecule has 0 aromatic heterocycles. The van der Waals surface area contributed by atoms with Crippen molar-refractivity contribution < 1.29 is 40.3 Å². The van der Waals surface area contributed by atoms with Crippen LogP contribution in [0.1, 0.15) is 11.1 Å². The first kappa shape index (κ1) is 19.5. The molecule has 1 amide bonds. The van der Waals surface area contributed by atoms with E-state index in [0.717, 1.165) is 24.1 Å². The van der Waals surface area contributed by atoms with Gasteiger partial charge in [0.25, 0.3) is 0 Å². The molecule has 26 heavy (non-hydrogen) atoms. The molecule has 0 heterocycles. The van der Waals surface area contributed by atoms with Crippen molar-refractivity contribution in [1.82, 2.24) is 0 Å². The number of ether oxygens (including phenoxy) is 1. The Morgan fingerprint density at radius 3 is 2.00 bits per heavy atom. The Morgan fingerprint density at radius 2 is 1.50 bits per heavy atom. The topological polar surface area (TPSA) is 29.5 Å². The second kappa shape index (κ2) is 6.85. The van der Waals surface area contributed by atoms with Gasteiger partial charge >= 0.3 is 18.4 Å². The van der Waals surface area contributed by atoms with Gasteiger partial charge in [0.2, 0.25) is 0 Å². The van der Waals surface area contributed by atoms with Crippen LogP contribution < -0.4 is 9.64 Å². The smallest absolute Gasteiger partial charge is 0.409 e. The molecule has 2 rings (SSSR count). The quantitative estimate of drug-likeness (QED) is 0.643. The maximum atomic E-state index is 13.0. The lowest BCUT2D eigenvalue weighted by molar-refractivity contribution is -0.143. The minimum absolute atomic E-state index is 0.108. The minimum atomic E-state index is -5.18. The highest BCUT2D eigenvalue weighted by Crippen LogP contribution is 2.40. The summed E-state index contributed by atoms with van der Waals surface area (Å²) in [7, 11) is 1.15. The third kappa shape index (κ3) is 4.44. The summed E-state index contributed by atoms with van der Waals surface area (Å²) < 4.78 is 94.4. The van der Waals surface area contributed by atoms with Crippen molar-refractivity contribution in [3.8, 4) is 5.75 Å². The lowest BCUT2D eigenvalue weighted by atomic mass is 10.1. The fourth-order valence-electron chi connectivity index (χ4n) is 1.95. The molecule has 0 N–H and O–H groups in total. The maximum absolute atomic E-state index is 13.0. The number of halogens is 7. The SMILES string of the molecule is CN(C(=O)Oc1ccc(C(F)(F)F)cc1C(F)(F)F)c1ccc(F)cc1. The van der Waals surface area contributed by atoms with Crippen molar-refractivity contribution >= 4 is 11.8 Å². The van der Waals surface area contributed by atoms with Gasteiger partial charge in [0.05, 0.1) is 11.1 Å². The molecule has 140 valence electrons. The van der Waals surface area contributed by atoms with Crippen LogP contribution >= 0.6 is 0 Å². The average molecular weight is 381 g/mol. The van der Waals surface area contributed by atoms with Crippen molar-refractivity contribution in [3.05, 3.63) is 59.4 Å². The van der Waals surface area contributed by atoms with Crippen LogP contribution in [0.2, 0.25) is 0 Å². The van der Waals surface area contributed by atoms with E-state index in [0.29, 0.717) is 12.1 Å². The monoisotopic (exact) mass is 381 g/mol. The zero-order valence-corrected chi connectivity index (χ0v) is 13.0. The van der Waals surface area contributed by atoms with Crippen LogP contribution in [0.4, 0.5) is 41.2 Å². The minimum Gasteiger partial charge on any atom is -0.409 e. The number of hydrogen-bond acceptors (Lipinski definition) is 2. The van der Waals surface area contributed by atoms with E-state index in [1.54, 1.807) is 0 Å². The number of rotatable bonds is 2. The van der Waals surface area contributed by atoms with E-state index < -0.39 is 41.1 Å². The van der Waals surface area contributed by atoms with E-state index in [1.165, 1.54) is 12.1 Å². The lowest BCUT2D eigenvalue weighted by Crippen LogP contribution is -2.30. The van der Waals surface area contributed by atoms with E-state index in [2.05, 4.69) is 4.74 Å². The van der Waals surface area contributed by atoms with Crippen LogP contribution in [0.3, 0.4) is 0 Å². The summed E-state index contributed by atoms with van der Waals surface area (Å²) in [6.07, 6.45) is -11.5. The van der Waals surface area contributed by atoms with Crippen LogP contribution in [0.15, 0.2) is 42.5 Å². The van der Waals surface area contributed by atoms with E-state index >= 15 is 0 Å². The summed E-state index contributed by atoms with van der Waals surface area (Å²) in [5.41, 5.74) is -3.17. The van der Waals surface area contributed by atoms with Gasteiger partial charge in [0, 0.05) is 12.7 Å². The predicted molar refractivity (Wildman–Crippen MR) is 77.3 cm³/mol. The highest BCUT2D eigenvalue weighted by atomic mass is 19.4. The molecule has 0 fully saturated rings. The molecule has 0 saturated carbocycles. The van der Waals surface area contributed by atoms with Gasteiger partial charge in [-0.1, -0.05) is 0 Å². The van der Waals surface area contributed by atoms with E-state index in [-0.39, 0.29) is 11.8 Å². The Hall–Kier alpha value is -2.78. The van der Waals surface area contributed by atoms with Gasteiger partial charge in [-0.3, -0.25) is 4.90 Å². The van der Waals surface area contributed by atoms with Crippen molar-refractivity contribution in [2.75, 3.05) is 11.9 Å². The normalized spacial score (nSPS) is 12.0. The number of alkyl halides is 6. The summed E-state index contributed by atoms with van der Waals surface area (Å²) in [6, 6.07) is 5.02. The lowest BCUT2D eigenvalue weighted by Gasteiger charge is -2.19. The molecule has 3 nitrogen and oxygen atoms in total. The van der Waals surface area contributed by atoms with Crippen LogP contribution in [-0.2, 0) is 12.4 Å². The van der Waals surface area contributed by atoms with Gasteiger partial charge in [-0.05, 0) is 42.5 Å². The molecular weight excluding hydrogens is 371 g/mol. The molecule has 2 aromatic carbocycles. The summed E-state index contributed by atoms with van der Waals surface area (Å²) in [5, 5.41) is 0. The van der Waals surface area contributed by atoms with Crippen LogP contribution in [0.5, 0.6) is 5.75 Å². The molecule has 0 unspecified atom stereocenters. The fourth-order valence-corrected chi connectivity index (χ4v) is 1.95. The maximum Gasteiger partial charge on any atom is 0.420 e. The van der Waals surface area contributed by atoms with E-state index in [1.807, 2.05) is 0 Å². The Morgan fingerprint density at radius 1 is 0.923 bits per heavy atom. The second-order valence-electron chi connectivity index (χ2n) is 5.11. The molecule has 0 saturated heterocycles. The van der Waals surface area contributed by atoms with Crippen LogP contribution in [0, 0.1) is 5.82 Å². The number of benzene rings is 2. The summed E-state index contributed by atoms with van der Waals surface area (Å²) >= 11 is 0. The summed E-state index contributed by atoms with van der Waals surface area (Å²) in [4.78, 5) is 12.8. The first-order valence-corrected chi connectivity index (χ1v) is 6.89. The summed E-state index contributed by atoms with van der Waals surface area (Å²) in [5.74, 6) is -1.68. The largest absolute Gasteiger partial charge is 0.420 e. The fraction of sp³-hybridized carbons (Fsp3) is 0.188. The Bertz CT molecular complexity index is 798. The van der Waals surface area contributed by atoms with Gasteiger partial charge in [0.15, 0.2) is 0 Å². The van der Waals surface area contributed by atoms with E-state index in [4.69, 9.17) is 0 Å². The third-order valence-electron chi connectivity index (χ3n) is 3.30. The number of carbonyl (C=O) groups excluding carboxylic acids is 1. The molecule has 0 aliphatic rings. The molecule has 0 aliphatic carbocycles. The zero-order valence-electron chi connectivity index (χ0n) is 13.0. The van der Waals surface area contributed by atoms with Gasteiger partial charge in [0.1, 0.15) is 11.6 Å². The first-order valence-electron chi connectivity index (χ1n) is 6.89.